The number of esters is 1. The largest absolute Gasteiger partial charge is 0.549 e. The number of hydrogen-bond acceptors (Lipinski definition) is 6. The maximum atomic E-state index is 12.3. The third-order valence-electron chi connectivity index (χ3n) is 3.76. The van der Waals surface area contributed by atoms with Crippen molar-refractivity contribution in [2.75, 3.05) is 0 Å². The molecule has 0 amide bonds. The Balaban J connectivity index is 2.44. The minimum atomic E-state index is -2.30. The van der Waals surface area contributed by atoms with Gasteiger partial charge < -0.3 is 24.5 Å². The summed E-state index contributed by atoms with van der Waals surface area (Å²) in [5, 5.41) is 23.2. The number of carboxylic acids is 2. The lowest BCUT2D eigenvalue weighted by molar-refractivity contribution is -0.317. The molecule has 0 radical (unpaired) electrons. The third kappa shape index (κ3) is 3.74. The van der Waals surface area contributed by atoms with E-state index in [0.29, 0.717) is 0 Å². The lowest BCUT2D eigenvalue weighted by atomic mass is 9.72. The van der Waals surface area contributed by atoms with Gasteiger partial charge >= 0.3 is 5.97 Å². The molecule has 25 heavy (non-hydrogen) atoms. The molecule has 0 aliphatic rings. The van der Waals surface area contributed by atoms with Crippen molar-refractivity contribution in [3.8, 4) is 5.75 Å². The van der Waals surface area contributed by atoms with E-state index in [1.165, 1.54) is 36.4 Å². The molecular formula is C19H14O6-2. The van der Waals surface area contributed by atoms with Crippen LogP contribution >= 0.6 is 0 Å². The lowest BCUT2D eigenvalue weighted by Crippen LogP contribution is -2.52. The van der Waals surface area contributed by atoms with Gasteiger partial charge in [-0.15, -0.1) is 0 Å². The molecular weight excluding hydrogens is 324 g/mol. The van der Waals surface area contributed by atoms with E-state index in [1.807, 2.05) is 0 Å². The monoisotopic (exact) mass is 338 g/mol. The molecule has 0 saturated carbocycles. The first kappa shape index (κ1) is 17.9. The molecule has 0 N–H and O–H groups in total. The van der Waals surface area contributed by atoms with Gasteiger partial charge in [-0.05, 0) is 23.3 Å². The molecule has 2 aromatic rings. The molecule has 0 spiro atoms. The van der Waals surface area contributed by atoms with Crippen molar-refractivity contribution in [1.29, 1.82) is 0 Å². The van der Waals surface area contributed by atoms with Crippen LogP contribution in [0, 0.1) is 0 Å². The van der Waals surface area contributed by atoms with E-state index < -0.39 is 35.3 Å². The second kappa shape index (κ2) is 7.44. The van der Waals surface area contributed by atoms with Crippen LogP contribution in [0.2, 0.25) is 0 Å². The fourth-order valence-corrected chi connectivity index (χ4v) is 2.47. The van der Waals surface area contributed by atoms with Gasteiger partial charge in [0.15, 0.2) is 0 Å². The van der Waals surface area contributed by atoms with Crippen molar-refractivity contribution in [2.45, 2.75) is 11.8 Å². The topological polar surface area (TPSA) is 107 Å². The van der Waals surface area contributed by atoms with Gasteiger partial charge in [0.25, 0.3) is 0 Å². The molecule has 128 valence electrons. The van der Waals surface area contributed by atoms with Crippen LogP contribution in [0.4, 0.5) is 0 Å². The zero-order valence-corrected chi connectivity index (χ0v) is 13.1. The van der Waals surface area contributed by atoms with Crippen molar-refractivity contribution < 1.29 is 29.3 Å². The summed E-state index contributed by atoms with van der Waals surface area (Å²) in [6.45, 7) is 3.29. The highest BCUT2D eigenvalue weighted by atomic mass is 16.5. The number of carboxylic acid groups (broad SMARTS) is 2. The summed E-state index contributed by atoms with van der Waals surface area (Å²) in [7, 11) is 0. The average Bonchev–Trinajstić information content (AvgIpc) is 2.60. The zero-order valence-electron chi connectivity index (χ0n) is 13.1. The van der Waals surface area contributed by atoms with Gasteiger partial charge in [0.05, 0.1) is 23.8 Å². The number of rotatable bonds is 7. The molecule has 0 saturated heterocycles. The molecule has 0 fully saturated rings. The summed E-state index contributed by atoms with van der Waals surface area (Å²) in [4.78, 5) is 35.5. The first-order valence-electron chi connectivity index (χ1n) is 7.31. The van der Waals surface area contributed by atoms with Crippen LogP contribution in [0.5, 0.6) is 5.75 Å². The van der Waals surface area contributed by atoms with Crippen molar-refractivity contribution in [3.63, 3.8) is 0 Å². The number of hydrogen-bond donors (Lipinski definition) is 0. The quantitative estimate of drug-likeness (QED) is 0.399. The molecule has 0 aliphatic heterocycles. The van der Waals surface area contributed by atoms with Gasteiger partial charge in [-0.1, -0.05) is 55.1 Å². The Labute approximate surface area is 144 Å². The zero-order chi connectivity index (χ0) is 18.4. The Bertz CT molecular complexity index is 797. The molecule has 0 bridgehead atoms. The van der Waals surface area contributed by atoms with E-state index >= 15 is 0 Å². The van der Waals surface area contributed by atoms with Crippen LogP contribution in [0.25, 0.3) is 0 Å². The molecule has 6 nitrogen and oxygen atoms in total. The van der Waals surface area contributed by atoms with Gasteiger partial charge in [0.2, 0.25) is 0 Å². The molecule has 1 unspecified atom stereocenters. The standard InChI is InChI=1S/C19H16O6/c1-13(17(21)22)19(18(23)24,14-8-4-2-5-9-14)12-16(20)25-15-10-6-3-7-11-15/h2-11H,1,12H2,(H,21,22)(H,23,24)/p-2. The number of aliphatic carboxylic acids is 2. The van der Waals surface area contributed by atoms with Crippen LogP contribution in [-0.2, 0) is 19.8 Å². The molecule has 0 heterocycles. The summed E-state index contributed by atoms with van der Waals surface area (Å²) in [6, 6.07) is 15.4. The summed E-state index contributed by atoms with van der Waals surface area (Å²) < 4.78 is 5.09. The Morgan fingerprint density at radius 2 is 1.44 bits per heavy atom. The van der Waals surface area contributed by atoms with Crippen molar-refractivity contribution in [1.82, 2.24) is 0 Å². The van der Waals surface area contributed by atoms with Crippen LogP contribution < -0.4 is 14.9 Å². The van der Waals surface area contributed by atoms with Crippen molar-refractivity contribution in [2.24, 2.45) is 0 Å². The fourth-order valence-electron chi connectivity index (χ4n) is 2.47. The SMILES string of the molecule is C=C(C(=O)[O-])C(CC(=O)Oc1ccccc1)(C(=O)[O-])c1ccccc1. The number of benzene rings is 2. The maximum absolute atomic E-state index is 12.3. The Kier molecular flexibility index (Phi) is 5.34. The highest BCUT2D eigenvalue weighted by Gasteiger charge is 2.40. The van der Waals surface area contributed by atoms with E-state index in [2.05, 4.69) is 6.58 Å². The predicted octanol–water partition coefficient (Wildman–Crippen LogP) is -0.0239. The maximum Gasteiger partial charge on any atom is 0.312 e. The van der Waals surface area contributed by atoms with Gasteiger partial charge in [0.1, 0.15) is 5.75 Å². The van der Waals surface area contributed by atoms with Gasteiger partial charge in [-0.25, -0.2) is 0 Å². The van der Waals surface area contributed by atoms with Crippen LogP contribution in [0.15, 0.2) is 72.8 Å². The first-order chi connectivity index (χ1) is 11.9. The highest BCUT2D eigenvalue weighted by molar-refractivity contribution is 6.01. The molecule has 2 rings (SSSR count). The molecule has 2 aromatic carbocycles. The van der Waals surface area contributed by atoms with E-state index in [0.717, 1.165) is 0 Å². The van der Waals surface area contributed by atoms with E-state index in [1.54, 1.807) is 24.3 Å². The van der Waals surface area contributed by atoms with Crippen LogP contribution in [0.3, 0.4) is 0 Å². The number of carbonyl (C=O) groups excluding carboxylic acids is 3. The smallest absolute Gasteiger partial charge is 0.312 e. The number of carbonyl (C=O) groups is 3. The van der Waals surface area contributed by atoms with Gasteiger partial charge in [-0.3, -0.25) is 4.79 Å². The van der Waals surface area contributed by atoms with Gasteiger partial charge in [-0.2, -0.15) is 0 Å². The van der Waals surface area contributed by atoms with Crippen molar-refractivity contribution >= 4 is 17.9 Å². The van der Waals surface area contributed by atoms with Gasteiger partial charge in [0, 0.05) is 0 Å². The summed E-state index contributed by atoms with van der Waals surface area (Å²) in [5.74, 6) is -4.31. The molecule has 6 heteroatoms. The Morgan fingerprint density at radius 3 is 1.92 bits per heavy atom. The van der Waals surface area contributed by atoms with Crippen LogP contribution in [0.1, 0.15) is 12.0 Å². The lowest BCUT2D eigenvalue weighted by Gasteiger charge is -2.36. The van der Waals surface area contributed by atoms with Crippen molar-refractivity contribution in [3.05, 3.63) is 78.4 Å². The van der Waals surface area contributed by atoms with E-state index in [-0.39, 0.29) is 11.3 Å². The minimum Gasteiger partial charge on any atom is -0.549 e. The molecule has 0 aliphatic carbocycles. The number of para-hydroxylation sites is 1. The average molecular weight is 338 g/mol. The molecule has 1 atom stereocenters. The van der Waals surface area contributed by atoms with Crippen LogP contribution in [-0.4, -0.2) is 17.9 Å². The summed E-state index contributed by atoms with van der Waals surface area (Å²) in [6.07, 6.45) is -0.805. The molecule has 0 aromatic heterocycles. The second-order valence-electron chi connectivity index (χ2n) is 5.29. The highest BCUT2D eigenvalue weighted by Crippen LogP contribution is 2.35. The second-order valence-corrected chi connectivity index (χ2v) is 5.29. The predicted molar refractivity (Wildman–Crippen MR) is 84.0 cm³/mol. The summed E-state index contributed by atoms with van der Waals surface area (Å²) in [5.41, 5.74) is -3.05. The summed E-state index contributed by atoms with van der Waals surface area (Å²) >= 11 is 0. The normalized spacial score (nSPS) is 12.6. The Hall–Kier alpha value is -3.41. The third-order valence-corrected chi connectivity index (χ3v) is 3.76. The van der Waals surface area contributed by atoms with E-state index in [9.17, 15) is 24.6 Å². The number of ether oxygens (including phenoxy) is 1. The van der Waals surface area contributed by atoms with E-state index in [4.69, 9.17) is 4.74 Å². The Morgan fingerprint density at radius 1 is 0.920 bits per heavy atom. The first-order valence-corrected chi connectivity index (χ1v) is 7.31. The minimum absolute atomic E-state index is 0.0363. The fraction of sp³-hybridized carbons (Fsp3) is 0.105.